The lowest BCUT2D eigenvalue weighted by molar-refractivity contribution is 0.147. The van der Waals surface area contributed by atoms with Crippen molar-refractivity contribution in [2.45, 2.75) is 24.8 Å². The summed E-state index contributed by atoms with van der Waals surface area (Å²) in [6, 6.07) is 4.19. The number of aromatic hydroxyl groups is 1. The maximum Gasteiger partial charge on any atom is 0.267 e. The van der Waals surface area contributed by atoms with Gasteiger partial charge >= 0.3 is 0 Å². The summed E-state index contributed by atoms with van der Waals surface area (Å²) in [4.78, 5) is 0. The van der Waals surface area contributed by atoms with Crippen LogP contribution in [0.5, 0.6) is 5.75 Å². The fraction of sp³-hybridized carbons (Fsp3) is 0.400. The highest BCUT2D eigenvalue weighted by Gasteiger charge is 2.40. The monoisotopic (exact) mass is 199 g/mol. The van der Waals surface area contributed by atoms with E-state index in [9.17, 15) is 13.9 Å². The first-order chi connectivity index (χ1) is 6.53. The van der Waals surface area contributed by atoms with Gasteiger partial charge in [-0.1, -0.05) is 6.07 Å². The molecule has 0 bridgehead atoms. The van der Waals surface area contributed by atoms with Crippen LogP contribution in [-0.2, 0) is 5.54 Å². The lowest BCUT2D eigenvalue weighted by atomic mass is 10.0. The molecule has 0 radical (unpaired) electrons. The molecule has 4 heteroatoms. The average molecular weight is 199 g/mol. The van der Waals surface area contributed by atoms with Crippen molar-refractivity contribution in [1.29, 1.82) is 0 Å². The van der Waals surface area contributed by atoms with Crippen LogP contribution in [0, 0.1) is 0 Å². The van der Waals surface area contributed by atoms with Crippen LogP contribution in [-0.4, -0.2) is 5.11 Å². The number of nitrogens with two attached hydrogens (primary N) is 1. The Bertz CT molecular complexity index is 361. The molecule has 1 aromatic carbocycles. The summed E-state index contributed by atoms with van der Waals surface area (Å²) in [6.07, 6.45) is -1.02. The van der Waals surface area contributed by atoms with E-state index < -0.39 is 12.0 Å². The molecule has 3 N–H and O–H groups in total. The Balaban J connectivity index is 2.41. The number of phenols is 1. The van der Waals surface area contributed by atoms with Crippen molar-refractivity contribution >= 4 is 0 Å². The molecule has 0 heterocycles. The van der Waals surface area contributed by atoms with Crippen LogP contribution in [0.3, 0.4) is 0 Å². The third-order valence-electron chi connectivity index (χ3n) is 2.63. The molecule has 1 aromatic rings. The Kier molecular flexibility index (Phi) is 1.96. The van der Waals surface area contributed by atoms with Gasteiger partial charge in [-0.15, -0.1) is 0 Å². The summed E-state index contributed by atoms with van der Waals surface area (Å²) < 4.78 is 24.8. The summed E-state index contributed by atoms with van der Waals surface area (Å²) >= 11 is 0. The zero-order valence-corrected chi connectivity index (χ0v) is 7.50. The van der Waals surface area contributed by atoms with E-state index in [4.69, 9.17) is 5.73 Å². The van der Waals surface area contributed by atoms with Crippen molar-refractivity contribution in [3.63, 3.8) is 0 Å². The van der Waals surface area contributed by atoms with Crippen LogP contribution < -0.4 is 5.73 Å². The van der Waals surface area contributed by atoms with Gasteiger partial charge in [0.05, 0.1) is 5.56 Å². The SMILES string of the molecule is NC1(c2ccc(O)c(C(F)F)c2)CC1. The standard InChI is InChI=1S/C10H11F2NO/c11-9(12)7-5-6(1-2-8(7)14)10(13)3-4-10/h1-2,5,9,14H,3-4,13H2. The van der Waals surface area contributed by atoms with Crippen LogP contribution in [0.15, 0.2) is 18.2 Å². The van der Waals surface area contributed by atoms with E-state index in [2.05, 4.69) is 0 Å². The van der Waals surface area contributed by atoms with Gasteiger partial charge in [0.15, 0.2) is 0 Å². The third kappa shape index (κ3) is 1.46. The summed E-state index contributed by atoms with van der Waals surface area (Å²) in [7, 11) is 0. The molecule has 1 saturated carbocycles. The zero-order chi connectivity index (χ0) is 10.3. The highest BCUT2D eigenvalue weighted by Crippen LogP contribution is 2.44. The minimum atomic E-state index is -2.66. The van der Waals surface area contributed by atoms with Gasteiger partial charge in [-0.25, -0.2) is 8.78 Å². The second kappa shape index (κ2) is 2.92. The molecule has 0 amide bonds. The Morgan fingerprint density at radius 3 is 2.50 bits per heavy atom. The van der Waals surface area contributed by atoms with Crippen molar-refractivity contribution in [2.24, 2.45) is 5.73 Å². The van der Waals surface area contributed by atoms with E-state index in [1.165, 1.54) is 12.1 Å². The first-order valence-electron chi connectivity index (χ1n) is 4.43. The molecule has 1 fully saturated rings. The molecule has 2 rings (SSSR count). The molecule has 0 saturated heterocycles. The predicted octanol–water partition coefficient (Wildman–Crippen LogP) is 2.28. The van der Waals surface area contributed by atoms with E-state index >= 15 is 0 Å². The van der Waals surface area contributed by atoms with Crippen LogP contribution in [0.2, 0.25) is 0 Å². The van der Waals surface area contributed by atoms with Gasteiger partial charge in [0.25, 0.3) is 6.43 Å². The lowest BCUT2D eigenvalue weighted by Gasteiger charge is -2.11. The zero-order valence-electron chi connectivity index (χ0n) is 7.50. The number of benzene rings is 1. The summed E-state index contributed by atoms with van der Waals surface area (Å²) in [5, 5.41) is 9.17. The van der Waals surface area contributed by atoms with Gasteiger partial charge in [-0.3, -0.25) is 0 Å². The van der Waals surface area contributed by atoms with Gasteiger partial charge in [-0.05, 0) is 30.5 Å². The lowest BCUT2D eigenvalue weighted by Crippen LogP contribution is -2.18. The fourth-order valence-corrected chi connectivity index (χ4v) is 1.46. The molecule has 1 aliphatic rings. The topological polar surface area (TPSA) is 46.2 Å². The highest BCUT2D eigenvalue weighted by atomic mass is 19.3. The summed E-state index contributed by atoms with van der Waals surface area (Å²) in [6.45, 7) is 0. The molecule has 14 heavy (non-hydrogen) atoms. The van der Waals surface area contributed by atoms with Crippen molar-refractivity contribution in [3.8, 4) is 5.75 Å². The average Bonchev–Trinajstić information content (AvgIpc) is 2.85. The first kappa shape index (κ1) is 9.40. The van der Waals surface area contributed by atoms with Gasteiger partial charge in [0, 0.05) is 5.54 Å². The minimum absolute atomic E-state index is 0.334. The minimum Gasteiger partial charge on any atom is -0.507 e. The Hall–Kier alpha value is -1.16. The van der Waals surface area contributed by atoms with Crippen molar-refractivity contribution < 1.29 is 13.9 Å². The van der Waals surface area contributed by atoms with Gasteiger partial charge in [0.1, 0.15) is 5.75 Å². The van der Waals surface area contributed by atoms with Crippen LogP contribution >= 0.6 is 0 Å². The number of alkyl halides is 2. The molecule has 0 aromatic heterocycles. The number of hydrogen-bond acceptors (Lipinski definition) is 2. The Labute approximate surface area is 80.4 Å². The number of hydrogen-bond donors (Lipinski definition) is 2. The number of phenolic OH excluding ortho intramolecular Hbond substituents is 1. The normalized spacial score (nSPS) is 18.6. The van der Waals surface area contributed by atoms with Crippen molar-refractivity contribution in [3.05, 3.63) is 29.3 Å². The molecule has 0 spiro atoms. The second-order valence-corrected chi connectivity index (χ2v) is 3.73. The summed E-state index contributed by atoms with van der Waals surface area (Å²) in [5.74, 6) is -0.368. The molecular formula is C10H11F2NO. The van der Waals surface area contributed by atoms with E-state index in [1.54, 1.807) is 6.07 Å². The predicted molar refractivity (Wildman–Crippen MR) is 48.2 cm³/mol. The molecule has 76 valence electrons. The molecular weight excluding hydrogens is 188 g/mol. The molecule has 0 aliphatic heterocycles. The quantitative estimate of drug-likeness (QED) is 0.767. The molecule has 2 nitrogen and oxygen atoms in total. The second-order valence-electron chi connectivity index (χ2n) is 3.73. The summed E-state index contributed by atoms with van der Waals surface area (Å²) in [5.41, 5.74) is 5.78. The molecule has 0 atom stereocenters. The fourth-order valence-electron chi connectivity index (χ4n) is 1.46. The van der Waals surface area contributed by atoms with Gasteiger partial charge in [0.2, 0.25) is 0 Å². The highest BCUT2D eigenvalue weighted by molar-refractivity contribution is 5.41. The van der Waals surface area contributed by atoms with E-state index in [0.29, 0.717) is 5.56 Å². The van der Waals surface area contributed by atoms with E-state index in [-0.39, 0.29) is 11.3 Å². The molecule has 1 aliphatic carbocycles. The number of halogens is 2. The largest absolute Gasteiger partial charge is 0.507 e. The van der Waals surface area contributed by atoms with Gasteiger partial charge < -0.3 is 10.8 Å². The Morgan fingerprint density at radius 2 is 2.00 bits per heavy atom. The first-order valence-corrected chi connectivity index (χ1v) is 4.43. The smallest absolute Gasteiger partial charge is 0.267 e. The van der Waals surface area contributed by atoms with Crippen LogP contribution in [0.1, 0.15) is 30.4 Å². The third-order valence-corrected chi connectivity index (χ3v) is 2.63. The maximum absolute atomic E-state index is 12.4. The van der Waals surface area contributed by atoms with E-state index in [1.807, 2.05) is 0 Å². The Morgan fingerprint density at radius 1 is 1.36 bits per heavy atom. The van der Waals surface area contributed by atoms with Crippen LogP contribution in [0.4, 0.5) is 8.78 Å². The number of rotatable bonds is 2. The molecule has 0 unspecified atom stereocenters. The maximum atomic E-state index is 12.4. The van der Waals surface area contributed by atoms with E-state index in [0.717, 1.165) is 12.8 Å². The van der Waals surface area contributed by atoms with Gasteiger partial charge in [-0.2, -0.15) is 0 Å². The van der Waals surface area contributed by atoms with Crippen molar-refractivity contribution in [2.75, 3.05) is 0 Å². The van der Waals surface area contributed by atoms with Crippen molar-refractivity contribution in [1.82, 2.24) is 0 Å². The van der Waals surface area contributed by atoms with Crippen LogP contribution in [0.25, 0.3) is 0 Å².